The minimum Gasteiger partial charge on any atom is -0.493 e. The molecule has 0 aromatic heterocycles. The highest BCUT2D eigenvalue weighted by Gasteiger charge is 2.34. The van der Waals surface area contributed by atoms with Crippen LogP contribution in [0.4, 0.5) is 0 Å². The summed E-state index contributed by atoms with van der Waals surface area (Å²) in [5.74, 6) is 1.91. The lowest BCUT2D eigenvalue weighted by molar-refractivity contribution is 0.246. The van der Waals surface area contributed by atoms with E-state index in [0.717, 1.165) is 37.3 Å². The Balaban J connectivity index is 1.34. The Morgan fingerprint density at radius 3 is 2.95 bits per heavy atom. The predicted molar refractivity (Wildman–Crippen MR) is 80.0 cm³/mol. The summed E-state index contributed by atoms with van der Waals surface area (Å²) in [6, 6.07) is 9.89. The molecule has 2 heterocycles. The molecule has 4 rings (SSSR count). The van der Waals surface area contributed by atoms with Gasteiger partial charge in [0.1, 0.15) is 5.75 Å². The zero-order chi connectivity index (χ0) is 13.4. The fraction of sp³-hybridized carbons (Fsp3) is 0.647. The maximum Gasteiger partial charge on any atom is 0.124 e. The van der Waals surface area contributed by atoms with Crippen LogP contribution in [0, 0.1) is 5.92 Å². The maximum absolute atomic E-state index is 5.73. The van der Waals surface area contributed by atoms with Crippen LogP contribution in [-0.4, -0.2) is 37.2 Å². The van der Waals surface area contributed by atoms with Crippen LogP contribution in [0.15, 0.2) is 24.3 Å². The van der Waals surface area contributed by atoms with Crippen molar-refractivity contribution in [3.05, 3.63) is 29.8 Å². The fourth-order valence-electron chi connectivity index (χ4n) is 3.66. The minimum absolute atomic E-state index is 0.481. The van der Waals surface area contributed by atoms with Crippen molar-refractivity contribution >= 4 is 0 Å². The summed E-state index contributed by atoms with van der Waals surface area (Å²) < 4.78 is 5.73. The van der Waals surface area contributed by atoms with Gasteiger partial charge < -0.3 is 15.0 Å². The SMILES string of the molecule is c1ccc2c(c1)OCCC2NCC1CCN(C2CC2)C1. The van der Waals surface area contributed by atoms with Crippen LogP contribution < -0.4 is 10.1 Å². The number of nitrogens with zero attached hydrogens (tertiary/aromatic N) is 1. The highest BCUT2D eigenvalue weighted by molar-refractivity contribution is 5.37. The van der Waals surface area contributed by atoms with Gasteiger partial charge in [0.15, 0.2) is 0 Å². The molecule has 0 spiro atoms. The number of nitrogens with one attached hydrogen (secondary N) is 1. The van der Waals surface area contributed by atoms with Crippen LogP contribution in [0.3, 0.4) is 0 Å². The summed E-state index contributed by atoms with van der Waals surface area (Å²) in [6.07, 6.45) is 5.34. The number of para-hydroxylation sites is 1. The van der Waals surface area contributed by atoms with Crippen molar-refractivity contribution in [1.82, 2.24) is 10.2 Å². The van der Waals surface area contributed by atoms with Crippen LogP contribution >= 0.6 is 0 Å². The van der Waals surface area contributed by atoms with Crippen molar-refractivity contribution < 1.29 is 4.74 Å². The smallest absolute Gasteiger partial charge is 0.124 e. The van der Waals surface area contributed by atoms with E-state index in [9.17, 15) is 0 Å². The van der Waals surface area contributed by atoms with Crippen molar-refractivity contribution in [2.75, 3.05) is 26.2 Å². The van der Waals surface area contributed by atoms with E-state index in [4.69, 9.17) is 4.74 Å². The molecule has 1 saturated carbocycles. The lowest BCUT2D eigenvalue weighted by Gasteiger charge is -2.27. The Hall–Kier alpha value is -1.06. The van der Waals surface area contributed by atoms with Gasteiger partial charge >= 0.3 is 0 Å². The molecule has 3 nitrogen and oxygen atoms in total. The first-order valence-corrected chi connectivity index (χ1v) is 8.09. The van der Waals surface area contributed by atoms with Crippen molar-refractivity contribution in [1.29, 1.82) is 0 Å². The summed E-state index contributed by atoms with van der Waals surface area (Å²) in [7, 11) is 0. The predicted octanol–water partition coefficient (Wildman–Crippen LogP) is 2.58. The Labute approximate surface area is 121 Å². The van der Waals surface area contributed by atoms with E-state index < -0.39 is 0 Å². The second-order valence-corrected chi connectivity index (χ2v) is 6.52. The third-order valence-electron chi connectivity index (χ3n) is 4.99. The number of rotatable bonds is 4. The fourth-order valence-corrected chi connectivity index (χ4v) is 3.66. The number of hydrogen-bond donors (Lipinski definition) is 1. The van der Waals surface area contributed by atoms with Crippen LogP contribution in [0.25, 0.3) is 0 Å². The zero-order valence-corrected chi connectivity index (χ0v) is 12.1. The largest absolute Gasteiger partial charge is 0.493 e. The van der Waals surface area contributed by atoms with E-state index >= 15 is 0 Å². The number of ether oxygens (including phenoxy) is 1. The molecule has 3 aliphatic rings. The molecule has 1 N–H and O–H groups in total. The lowest BCUT2D eigenvalue weighted by Crippen LogP contribution is -2.32. The third kappa shape index (κ3) is 2.57. The minimum atomic E-state index is 0.481. The monoisotopic (exact) mass is 272 g/mol. The Morgan fingerprint density at radius 1 is 1.15 bits per heavy atom. The van der Waals surface area contributed by atoms with Crippen molar-refractivity contribution in [3.8, 4) is 5.75 Å². The first kappa shape index (κ1) is 12.7. The van der Waals surface area contributed by atoms with E-state index in [1.807, 2.05) is 0 Å². The molecule has 1 aromatic rings. The molecule has 0 bridgehead atoms. The molecule has 20 heavy (non-hydrogen) atoms. The summed E-state index contributed by atoms with van der Waals surface area (Å²) in [4.78, 5) is 2.70. The van der Waals surface area contributed by atoms with E-state index in [0.29, 0.717) is 6.04 Å². The highest BCUT2D eigenvalue weighted by Crippen LogP contribution is 2.33. The van der Waals surface area contributed by atoms with Crippen LogP contribution in [0.1, 0.15) is 37.3 Å². The van der Waals surface area contributed by atoms with Gasteiger partial charge in [0, 0.05) is 30.6 Å². The quantitative estimate of drug-likeness (QED) is 0.912. The summed E-state index contributed by atoms with van der Waals surface area (Å²) in [5, 5.41) is 3.79. The second-order valence-electron chi connectivity index (χ2n) is 6.52. The molecule has 2 unspecified atom stereocenters. The first-order valence-electron chi connectivity index (χ1n) is 8.09. The van der Waals surface area contributed by atoms with Gasteiger partial charge in [-0.2, -0.15) is 0 Å². The number of benzene rings is 1. The Bertz CT molecular complexity index is 472. The first-order chi connectivity index (χ1) is 9.90. The van der Waals surface area contributed by atoms with Gasteiger partial charge in [-0.15, -0.1) is 0 Å². The molecule has 2 atom stereocenters. The number of fused-ring (bicyclic) bond motifs is 1. The summed E-state index contributed by atoms with van der Waals surface area (Å²) in [5.41, 5.74) is 1.34. The topological polar surface area (TPSA) is 24.5 Å². The average molecular weight is 272 g/mol. The zero-order valence-electron chi connectivity index (χ0n) is 12.1. The van der Waals surface area contributed by atoms with Crippen molar-refractivity contribution in [3.63, 3.8) is 0 Å². The van der Waals surface area contributed by atoms with Gasteiger partial charge in [-0.25, -0.2) is 0 Å². The van der Waals surface area contributed by atoms with Gasteiger partial charge in [0.05, 0.1) is 6.61 Å². The summed E-state index contributed by atoms with van der Waals surface area (Å²) in [6.45, 7) is 4.62. The number of likely N-dealkylation sites (tertiary alicyclic amines) is 1. The highest BCUT2D eigenvalue weighted by atomic mass is 16.5. The van der Waals surface area contributed by atoms with Gasteiger partial charge in [-0.3, -0.25) is 0 Å². The van der Waals surface area contributed by atoms with Crippen molar-refractivity contribution in [2.45, 2.75) is 37.8 Å². The standard InChI is InChI=1S/C17H24N2O/c1-2-4-17-15(3-1)16(8-10-20-17)18-11-13-7-9-19(12-13)14-5-6-14/h1-4,13-14,16,18H,5-12H2. The van der Waals surface area contributed by atoms with E-state index in [-0.39, 0.29) is 0 Å². The molecule has 0 radical (unpaired) electrons. The molecule has 3 heteroatoms. The normalized spacial score (nSPS) is 30.0. The summed E-state index contributed by atoms with van der Waals surface area (Å²) >= 11 is 0. The average Bonchev–Trinajstić information content (AvgIpc) is 3.24. The molecular formula is C17H24N2O. The van der Waals surface area contributed by atoms with Gasteiger partial charge in [-0.1, -0.05) is 18.2 Å². The molecule has 1 aliphatic carbocycles. The molecule has 1 saturated heterocycles. The van der Waals surface area contributed by atoms with Crippen molar-refractivity contribution in [2.24, 2.45) is 5.92 Å². The Kier molecular flexibility index (Phi) is 3.41. The van der Waals surface area contributed by atoms with Gasteiger partial charge in [0.2, 0.25) is 0 Å². The lowest BCUT2D eigenvalue weighted by atomic mass is 9.99. The third-order valence-corrected chi connectivity index (χ3v) is 4.99. The van der Waals surface area contributed by atoms with E-state index in [2.05, 4.69) is 34.5 Å². The molecular weight excluding hydrogens is 248 g/mol. The molecule has 108 valence electrons. The second kappa shape index (κ2) is 5.38. The number of hydrogen-bond acceptors (Lipinski definition) is 3. The van der Waals surface area contributed by atoms with Gasteiger partial charge in [-0.05, 0) is 44.3 Å². The van der Waals surface area contributed by atoms with Gasteiger partial charge in [0.25, 0.3) is 0 Å². The van der Waals surface area contributed by atoms with Crippen LogP contribution in [0.5, 0.6) is 5.75 Å². The molecule has 2 fully saturated rings. The van der Waals surface area contributed by atoms with Crippen LogP contribution in [0.2, 0.25) is 0 Å². The van der Waals surface area contributed by atoms with E-state index in [1.54, 1.807) is 0 Å². The molecule has 1 aromatic carbocycles. The van der Waals surface area contributed by atoms with Crippen LogP contribution in [-0.2, 0) is 0 Å². The molecule has 2 aliphatic heterocycles. The molecule has 0 amide bonds. The maximum atomic E-state index is 5.73. The van der Waals surface area contributed by atoms with E-state index in [1.165, 1.54) is 37.9 Å². The Morgan fingerprint density at radius 2 is 2.05 bits per heavy atom.